The van der Waals surface area contributed by atoms with Crippen molar-refractivity contribution in [2.45, 2.75) is 19.5 Å². The Bertz CT molecular complexity index is 828. The Kier molecular flexibility index (Phi) is 6.34. The van der Waals surface area contributed by atoms with E-state index in [4.69, 9.17) is 9.47 Å². The number of benzene rings is 2. The highest BCUT2D eigenvalue weighted by atomic mass is 19.3. The van der Waals surface area contributed by atoms with E-state index in [1.54, 1.807) is 31.3 Å². The molecule has 1 fully saturated rings. The van der Waals surface area contributed by atoms with Gasteiger partial charge in [-0.05, 0) is 54.7 Å². The van der Waals surface area contributed by atoms with Crippen molar-refractivity contribution in [3.63, 3.8) is 0 Å². The second-order valence-corrected chi connectivity index (χ2v) is 6.71. The topological polar surface area (TPSA) is 48.0 Å². The molecule has 1 amide bonds. The van der Waals surface area contributed by atoms with Crippen LogP contribution in [0, 0.1) is 5.92 Å². The van der Waals surface area contributed by atoms with Crippen LogP contribution in [0.5, 0.6) is 17.2 Å². The maximum atomic E-state index is 12.7. The van der Waals surface area contributed by atoms with Crippen molar-refractivity contribution >= 4 is 5.91 Å². The van der Waals surface area contributed by atoms with Crippen molar-refractivity contribution in [3.8, 4) is 17.2 Å². The normalized spacial score (nSPS) is 16.3. The highest BCUT2D eigenvalue weighted by Crippen LogP contribution is 2.30. The van der Waals surface area contributed by atoms with Crippen LogP contribution < -0.4 is 14.2 Å². The lowest BCUT2D eigenvalue weighted by Gasteiger charge is -2.17. The molecular weight excluding hydrogens is 368 g/mol. The van der Waals surface area contributed by atoms with Gasteiger partial charge in [-0.25, -0.2) is 0 Å². The van der Waals surface area contributed by atoms with Crippen molar-refractivity contribution in [3.05, 3.63) is 53.6 Å². The van der Waals surface area contributed by atoms with Gasteiger partial charge in [-0.1, -0.05) is 12.1 Å². The quantitative estimate of drug-likeness (QED) is 0.716. The van der Waals surface area contributed by atoms with Gasteiger partial charge < -0.3 is 19.1 Å². The molecule has 1 aliphatic heterocycles. The van der Waals surface area contributed by atoms with E-state index in [1.165, 1.54) is 12.1 Å². The average molecular weight is 391 g/mol. The molecule has 0 aliphatic carbocycles. The summed E-state index contributed by atoms with van der Waals surface area (Å²) < 4.78 is 39.7. The molecule has 7 heteroatoms. The summed E-state index contributed by atoms with van der Waals surface area (Å²) in [4.78, 5) is 14.5. The lowest BCUT2D eigenvalue weighted by atomic mass is 9.98. The molecule has 0 saturated carbocycles. The maximum Gasteiger partial charge on any atom is 0.387 e. The molecule has 3 rings (SSSR count). The molecule has 1 heterocycles. The van der Waals surface area contributed by atoms with E-state index in [0.717, 1.165) is 18.4 Å². The zero-order valence-electron chi connectivity index (χ0n) is 15.9. The number of carbonyl (C=O) groups excluding carboxylic acids is 1. The Balaban J connectivity index is 1.63. The van der Waals surface area contributed by atoms with Crippen LogP contribution in [0.25, 0.3) is 0 Å². The van der Waals surface area contributed by atoms with Gasteiger partial charge in [0.15, 0.2) is 11.5 Å². The summed E-state index contributed by atoms with van der Waals surface area (Å²) in [6, 6.07) is 11.7. The van der Waals surface area contributed by atoms with Crippen molar-refractivity contribution in [2.24, 2.45) is 5.92 Å². The summed E-state index contributed by atoms with van der Waals surface area (Å²) in [6.45, 7) is -1.66. The summed E-state index contributed by atoms with van der Waals surface area (Å²) in [5, 5.41) is 0. The molecule has 0 aromatic heterocycles. The first-order valence-electron chi connectivity index (χ1n) is 9.05. The lowest BCUT2D eigenvalue weighted by molar-refractivity contribution is -0.0499. The van der Waals surface area contributed by atoms with Crippen molar-refractivity contribution in [1.82, 2.24) is 4.90 Å². The van der Waals surface area contributed by atoms with Crippen LogP contribution in [0.3, 0.4) is 0 Å². The number of halogens is 2. The molecule has 5 nitrogen and oxygen atoms in total. The van der Waals surface area contributed by atoms with Gasteiger partial charge in [0.25, 0.3) is 5.91 Å². The van der Waals surface area contributed by atoms with Gasteiger partial charge in [-0.15, -0.1) is 0 Å². The number of amides is 1. The Hall–Kier alpha value is -2.83. The lowest BCUT2D eigenvalue weighted by Crippen LogP contribution is -2.29. The first kappa shape index (κ1) is 19.9. The Labute approximate surface area is 162 Å². The van der Waals surface area contributed by atoms with Crippen molar-refractivity contribution < 1.29 is 27.8 Å². The third-order valence-electron chi connectivity index (χ3n) is 4.85. The number of nitrogens with zero attached hydrogens (tertiary/aromatic N) is 1. The number of rotatable bonds is 7. The molecule has 2 aromatic carbocycles. The second kappa shape index (κ2) is 8.91. The molecule has 28 heavy (non-hydrogen) atoms. The van der Waals surface area contributed by atoms with Gasteiger partial charge >= 0.3 is 6.61 Å². The fourth-order valence-electron chi connectivity index (χ4n) is 3.51. The van der Waals surface area contributed by atoms with Gasteiger partial charge in [0, 0.05) is 18.7 Å². The molecule has 1 unspecified atom stereocenters. The highest BCUT2D eigenvalue weighted by Gasteiger charge is 2.27. The van der Waals surface area contributed by atoms with Gasteiger partial charge in [0.1, 0.15) is 5.75 Å². The number of likely N-dealkylation sites (tertiary alicyclic amines) is 1. The molecule has 150 valence electrons. The monoisotopic (exact) mass is 391 g/mol. The van der Waals surface area contributed by atoms with E-state index in [9.17, 15) is 13.6 Å². The Morgan fingerprint density at radius 1 is 1.14 bits per heavy atom. The number of hydrogen-bond acceptors (Lipinski definition) is 4. The summed E-state index contributed by atoms with van der Waals surface area (Å²) in [7, 11) is 3.20. The molecule has 1 saturated heterocycles. The Morgan fingerprint density at radius 3 is 2.64 bits per heavy atom. The molecule has 2 aromatic rings. The minimum atomic E-state index is -2.91. The van der Waals surface area contributed by atoms with Crippen molar-refractivity contribution in [1.29, 1.82) is 0 Å². The van der Waals surface area contributed by atoms with Crippen LogP contribution in [-0.4, -0.2) is 44.7 Å². The summed E-state index contributed by atoms with van der Waals surface area (Å²) >= 11 is 0. The van der Waals surface area contributed by atoms with Crippen LogP contribution in [0.15, 0.2) is 42.5 Å². The number of methoxy groups -OCH3 is 2. The third kappa shape index (κ3) is 4.71. The first-order chi connectivity index (χ1) is 13.5. The van der Waals surface area contributed by atoms with Crippen LogP contribution in [-0.2, 0) is 6.42 Å². The van der Waals surface area contributed by atoms with E-state index in [1.807, 2.05) is 18.2 Å². The summed E-state index contributed by atoms with van der Waals surface area (Å²) in [6.07, 6.45) is 1.70. The van der Waals surface area contributed by atoms with E-state index >= 15 is 0 Å². The highest BCUT2D eigenvalue weighted by molar-refractivity contribution is 5.94. The molecule has 1 atom stereocenters. The standard InChI is InChI=1S/C21H23F2NO4/c1-26-18-7-6-14(11-19(18)27-2)10-15-8-9-24(13-15)20(25)16-4-3-5-17(12-16)28-21(22)23/h3-7,11-12,15,21H,8-10,13H2,1-2H3. The zero-order chi connectivity index (χ0) is 20.1. The predicted octanol–water partition coefficient (Wildman–Crippen LogP) is 4.01. The summed E-state index contributed by atoms with van der Waals surface area (Å²) in [5.41, 5.74) is 1.47. The van der Waals surface area contributed by atoms with Gasteiger partial charge in [0.2, 0.25) is 0 Å². The fourth-order valence-corrected chi connectivity index (χ4v) is 3.51. The van der Waals surface area contributed by atoms with Crippen LogP contribution in [0.4, 0.5) is 8.78 Å². The number of carbonyl (C=O) groups is 1. The summed E-state index contributed by atoms with van der Waals surface area (Å²) in [5.74, 6) is 1.50. The third-order valence-corrected chi connectivity index (χ3v) is 4.85. The average Bonchev–Trinajstić information content (AvgIpc) is 3.15. The van der Waals surface area contributed by atoms with E-state index in [-0.39, 0.29) is 11.7 Å². The van der Waals surface area contributed by atoms with E-state index in [2.05, 4.69) is 4.74 Å². The number of alkyl halides is 2. The largest absolute Gasteiger partial charge is 0.493 e. The van der Waals surface area contributed by atoms with Crippen LogP contribution in [0.2, 0.25) is 0 Å². The minimum Gasteiger partial charge on any atom is -0.493 e. The number of ether oxygens (including phenoxy) is 3. The Morgan fingerprint density at radius 2 is 1.93 bits per heavy atom. The molecule has 0 bridgehead atoms. The van der Waals surface area contributed by atoms with Gasteiger partial charge in [-0.3, -0.25) is 4.79 Å². The van der Waals surface area contributed by atoms with Crippen LogP contribution >= 0.6 is 0 Å². The SMILES string of the molecule is COc1ccc(CC2CCN(C(=O)c3cccc(OC(F)F)c3)C2)cc1OC. The van der Waals surface area contributed by atoms with E-state index < -0.39 is 6.61 Å². The zero-order valence-corrected chi connectivity index (χ0v) is 15.9. The van der Waals surface area contributed by atoms with Crippen molar-refractivity contribution in [2.75, 3.05) is 27.3 Å². The molecule has 0 radical (unpaired) electrons. The first-order valence-corrected chi connectivity index (χ1v) is 9.05. The molecule has 1 aliphatic rings. The van der Waals surface area contributed by atoms with Gasteiger partial charge in [0.05, 0.1) is 14.2 Å². The second-order valence-electron chi connectivity index (χ2n) is 6.71. The smallest absolute Gasteiger partial charge is 0.387 e. The predicted molar refractivity (Wildman–Crippen MR) is 100 cm³/mol. The molecular formula is C21H23F2NO4. The number of hydrogen-bond donors (Lipinski definition) is 0. The fraction of sp³-hybridized carbons (Fsp3) is 0.381. The van der Waals surface area contributed by atoms with Gasteiger partial charge in [-0.2, -0.15) is 8.78 Å². The van der Waals surface area contributed by atoms with E-state index in [0.29, 0.717) is 36.1 Å². The molecule has 0 N–H and O–H groups in total. The minimum absolute atomic E-state index is 0.0121. The van der Waals surface area contributed by atoms with Crippen LogP contribution in [0.1, 0.15) is 22.3 Å². The molecule has 0 spiro atoms. The maximum absolute atomic E-state index is 12.7.